The number of carbonyl (C=O) groups excluding carboxylic acids is 3. The molecule has 2 heterocycles. The molecule has 3 amide bonds. The van der Waals surface area contributed by atoms with Gasteiger partial charge >= 0.3 is 0 Å². The number of imide groups is 1. The van der Waals surface area contributed by atoms with Gasteiger partial charge in [-0.15, -0.1) is 11.3 Å². The third-order valence-corrected chi connectivity index (χ3v) is 5.95. The van der Waals surface area contributed by atoms with E-state index in [9.17, 15) is 14.4 Å². The number of hydrogen-bond donors (Lipinski definition) is 2. The van der Waals surface area contributed by atoms with Crippen LogP contribution in [0.4, 0.5) is 16.5 Å². The zero-order valence-electron chi connectivity index (χ0n) is 16.6. The Morgan fingerprint density at radius 1 is 1.06 bits per heavy atom. The van der Waals surface area contributed by atoms with Crippen molar-refractivity contribution in [2.75, 3.05) is 15.5 Å². The van der Waals surface area contributed by atoms with Crippen molar-refractivity contribution in [3.63, 3.8) is 0 Å². The van der Waals surface area contributed by atoms with Crippen molar-refractivity contribution in [2.24, 2.45) is 0 Å². The molecule has 4 rings (SSSR count). The molecule has 3 aromatic rings. The summed E-state index contributed by atoms with van der Waals surface area (Å²) in [7, 11) is 0. The Kier molecular flexibility index (Phi) is 5.58. The Morgan fingerprint density at radius 3 is 2.48 bits per heavy atom. The van der Waals surface area contributed by atoms with Crippen molar-refractivity contribution < 1.29 is 14.4 Å². The summed E-state index contributed by atoms with van der Waals surface area (Å²) in [6.07, 6.45) is 1.60. The third kappa shape index (κ3) is 3.95. The topological polar surface area (TPSA) is 91.4 Å². The predicted octanol–water partition coefficient (Wildman–Crippen LogP) is 4.45. The van der Waals surface area contributed by atoms with E-state index in [4.69, 9.17) is 11.6 Å². The molecule has 0 aliphatic carbocycles. The van der Waals surface area contributed by atoms with E-state index in [-0.39, 0.29) is 16.6 Å². The standard InChI is InChI=1S/C22H17ClN4O3S/c1-12-4-3-5-16(13(12)2)27-20(29)17(23)18(21(27)30)25-15-8-6-14(7-9-15)19(28)26-22-24-10-11-31-22/h3-11,25H,1-2H3,(H,24,26,28). The van der Waals surface area contributed by atoms with Crippen LogP contribution in [0.25, 0.3) is 0 Å². The van der Waals surface area contributed by atoms with Crippen molar-refractivity contribution in [1.82, 2.24) is 4.98 Å². The molecule has 0 saturated carbocycles. The summed E-state index contributed by atoms with van der Waals surface area (Å²) in [5.74, 6) is -1.41. The van der Waals surface area contributed by atoms with Gasteiger partial charge in [-0.1, -0.05) is 23.7 Å². The Morgan fingerprint density at radius 2 is 1.81 bits per heavy atom. The highest BCUT2D eigenvalue weighted by atomic mass is 35.5. The van der Waals surface area contributed by atoms with Gasteiger partial charge in [-0.05, 0) is 55.3 Å². The maximum absolute atomic E-state index is 13.0. The predicted molar refractivity (Wildman–Crippen MR) is 121 cm³/mol. The van der Waals surface area contributed by atoms with Crippen molar-refractivity contribution >= 4 is 57.2 Å². The van der Waals surface area contributed by atoms with E-state index in [1.807, 2.05) is 19.9 Å². The smallest absolute Gasteiger partial charge is 0.283 e. The minimum atomic E-state index is -0.581. The first kappa shape index (κ1) is 20.8. The molecule has 0 bridgehead atoms. The molecule has 2 aromatic carbocycles. The van der Waals surface area contributed by atoms with Gasteiger partial charge in [0.15, 0.2) is 5.13 Å². The Balaban J connectivity index is 1.52. The van der Waals surface area contributed by atoms with Gasteiger partial charge in [-0.3, -0.25) is 19.7 Å². The lowest BCUT2D eigenvalue weighted by Gasteiger charge is -2.18. The van der Waals surface area contributed by atoms with E-state index in [2.05, 4.69) is 15.6 Å². The number of nitrogens with one attached hydrogen (secondary N) is 2. The number of amides is 3. The lowest BCUT2D eigenvalue weighted by Crippen LogP contribution is -2.33. The quantitative estimate of drug-likeness (QED) is 0.558. The Bertz CT molecular complexity index is 1220. The van der Waals surface area contributed by atoms with Crippen LogP contribution < -0.4 is 15.5 Å². The van der Waals surface area contributed by atoms with E-state index in [1.54, 1.807) is 48.0 Å². The van der Waals surface area contributed by atoms with Crippen molar-refractivity contribution in [3.05, 3.63) is 81.5 Å². The van der Waals surface area contributed by atoms with Gasteiger partial charge in [0.1, 0.15) is 10.7 Å². The monoisotopic (exact) mass is 452 g/mol. The first-order chi connectivity index (χ1) is 14.9. The summed E-state index contributed by atoms with van der Waals surface area (Å²) < 4.78 is 0. The van der Waals surface area contributed by atoms with Crippen LogP contribution in [0, 0.1) is 13.8 Å². The van der Waals surface area contributed by atoms with Crippen LogP contribution >= 0.6 is 22.9 Å². The van der Waals surface area contributed by atoms with Crippen molar-refractivity contribution in [2.45, 2.75) is 13.8 Å². The zero-order chi connectivity index (χ0) is 22.1. The first-order valence-corrected chi connectivity index (χ1v) is 10.6. The van der Waals surface area contributed by atoms with Gasteiger partial charge < -0.3 is 5.32 Å². The number of halogens is 1. The minimum Gasteiger partial charge on any atom is -0.350 e. The molecule has 0 unspecified atom stereocenters. The first-order valence-electron chi connectivity index (χ1n) is 9.29. The highest BCUT2D eigenvalue weighted by molar-refractivity contribution is 7.13. The number of nitrogens with zero attached hydrogens (tertiary/aromatic N) is 2. The average Bonchev–Trinajstić information content (AvgIpc) is 3.34. The fraction of sp³-hybridized carbons (Fsp3) is 0.0909. The van der Waals surface area contributed by atoms with Crippen molar-refractivity contribution in [3.8, 4) is 0 Å². The largest absolute Gasteiger partial charge is 0.350 e. The number of aryl methyl sites for hydroxylation is 1. The highest BCUT2D eigenvalue weighted by Gasteiger charge is 2.39. The van der Waals surface area contributed by atoms with Crippen LogP contribution in [0.1, 0.15) is 21.5 Å². The third-order valence-electron chi connectivity index (χ3n) is 4.91. The molecule has 31 heavy (non-hydrogen) atoms. The number of carbonyl (C=O) groups is 3. The van der Waals surface area contributed by atoms with E-state index in [0.717, 1.165) is 16.0 Å². The second-order valence-corrected chi connectivity index (χ2v) is 8.12. The van der Waals surface area contributed by atoms with Crippen LogP contribution in [-0.4, -0.2) is 22.7 Å². The van der Waals surface area contributed by atoms with E-state index in [0.29, 0.717) is 22.1 Å². The van der Waals surface area contributed by atoms with Crippen LogP contribution in [0.15, 0.2) is 64.8 Å². The molecular weight excluding hydrogens is 436 g/mol. The summed E-state index contributed by atoms with van der Waals surface area (Å²) in [5.41, 5.74) is 3.22. The molecule has 7 nitrogen and oxygen atoms in total. The van der Waals surface area contributed by atoms with Crippen LogP contribution in [0.3, 0.4) is 0 Å². The van der Waals surface area contributed by atoms with E-state index < -0.39 is 11.8 Å². The summed E-state index contributed by atoms with van der Waals surface area (Å²) in [4.78, 5) is 43.0. The van der Waals surface area contributed by atoms with E-state index in [1.165, 1.54) is 11.3 Å². The molecule has 0 radical (unpaired) electrons. The summed E-state index contributed by atoms with van der Waals surface area (Å²) in [5, 5.41) is 7.69. The van der Waals surface area contributed by atoms with Gasteiger partial charge in [0.2, 0.25) is 0 Å². The molecule has 1 aliphatic heterocycles. The molecule has 0 fully saturated rings. The second-order valence-electron chi connectivity index (χ2n) is 6.85. The average molecular weight is 453 g/mol. The van der Waals surface area contributed by atoms with E-state index >= 15 is 0 Å². The Hall–Kier alpha value is -3.49. The van der Waals surface area contributed by atoms with Crippen LogP contribution in [-0.2, 0) is 9.59 Å². The molecule has 0 atom stereocenters. The highest BCUT2D eigenvalue weighted by Crippen LogP contribution is 2.32. The number of aromatic nitrogens is 1. The molecule has 1 aromatic heterocycles. The molecular formula is C22H17ClN4O3S. The van der Waals surface area contributed by atoms with Gasteiger partial charge in [-0.2, -0.15) is 0 Å². The number of anilines is 3. The SMILES string of the molecule is Cc1cccc(N2C(=O)C(Cl)=C(Nc3ccc(C(=O)Nc4nccs4)cc3)C2=O)c1C. The summed E-state index contributed by atoms with van der Waals surface area (Å²) in [6.45, 7) is 3.75. The number of hydrogen-bond acceptors (Lipinski definition) is 6. The van der Waals surface area contributed by atoms with Gasteiger partial charge in [0.05, 0.1) is 5.69 Å². The number of thiazole rings is 1. The zero-order valence-corrected chi connectivity index (χ0v) is 18.2. The maximum atomic E-state index is 13.0. The fourth-order valence-corrected chi connectivity index (χ4v) is 3.85. The number of benzene rings is 2. The second kappa shape index (κ2) is 8.33. The summed E-state index contributed by atoms with van der Waals surface area (Å²) in [6, 6.07) is 11.9. The fourth-order valence-electron chi connectivity index (χ4n) is 3.11. The molecule has 9 heteroatoms. The molecule has 0 saturated heterocycles. The normalized spacial score (nSPS) is 13.7. The van der Waals surface area contributed by atoms with Crippen LogP contribution in [0.2, 0.25) is 0 Å². The van der Waals surface area contributed by atoms with Gasteiger partial charge in [0.25, 0.3) is 17.7 Å². The lowest BCUT2D eigenvalue weighted by molar-refractivity contribution is -0.120. The Labute approximate surface area is 187 Å². The van der Waals surface area contributed by atoms with Crippen molar-refractivity contribution in [1.29, 1.82) is 0 Å². The summed E-state index contributed by atoms with van der Waals surface area (Å²) >= 11 is 7.53. The minimum absolute atomic E-state index is 0.00689. The molecule has 1 aliphatic rings. The molecule has 156 valence electrons. The molecule has 0 spiro atoms. The van der Waals surface area contributed by atoms with Gasteiger partial charge in [0, 0.05) is 22.8 Å². The maximum Gasteiger partial charge on any atom is 0.283 e. The van der Waals surface area contributed by atoms with Crippen LogP contribution in [0.5, 0.6) is 0 Å². The van der Waals surface area contributed by atoms with Gasteiger partial charge in [-0.25, -0.2) is 9.88 Å². The lowest BCUT2D eigenvalue weighted by atomic mass is 10.1. The molecule has 2 N–H and O–H groups in total. The number of rotatable bonds is 5.